The predicted octanol–water partition coefficient (Wildman–Crippen LogP) is 1.90. The minimum absolute atomic E-state index is 0.0236. The van der Waals surface area contributed by atoms with Crippen LogP contribution >= 0.6 is 0 Å². The zero-order valence-corrected chi connectivity index (χ0v) is 12.4. The van der Waals surface area contributed by atoms with E-state index in [4.69, 9.17) is 9.15 Å². The molecule has 2 fully saturated rings. The van der Waals surface area contributed by atoms with Crippen LogP contribution in [0.3, 0.4) is 0 Å². The SMILES string of the molecule is CC1CN(C(=O)c2cccc3[nH]c(=O)oc23)CC2(CCC2)O1. The van der Waals surface area contributed by atoms with Crippen molar-refractivity contribution in [1.82, 2.24) is 9.88 Å². The van der Waals surface area contributed by atoms with E-state index in [0.29, 0.717) is 29.8 Å². The van der Waals surface area contributed by atoms with Gasteiger partial charge in [0.05, 0.1) is 29.3 Å². The molecule has 6 heteroatoms. The van der Waals surface area contributed by atoms with Gasteiger partial charge in [0.25, 0.3) is 5.91 Å². The van der Waals surface area contributed by atoms with E-state index >= 15 is 0 Å². The van der Waals surface area contributed by atoms with Crippen LogP contribution in [0.5, 0.6) is 0 Å². The zero-order chi connectivity index (χ0) is 15.3. The van der Waals surface area contributed by atoms with Crippen LogP contribution in [0.15, 0.2) is 27.4 Å². The first-order valence-corrected chi connectivity index (χ1v) is 7.65. The van der Waals surface area contributed by atoms with Crippen molar-refractivity contribution in [1.29, 1.82) is 0 Å². The van der Waals surface area contributed by atoms with Crippen molar-refractivity contribution in [2.75, 3.05) is 13.1 Å². The molecule has 1 aliphatic heterocycles. The highest BCUT2D eigenvalue weighted by Gasteiger charge is 2.45. The molecule has 0 radical (unpaired) electrons. The molecule has 1 atom stereocenters. The summed E-state index contributed by atoms with van der Waals surface area (Å²) in [5.74, 6) is -0.643. The van der Waals surface area contributed by atoms with E-state index in [1.165, 1.54) is 0 Å². The summed E-state index contributed by atoms with van der Waals surface area (Å²) >= 11 is 0. The van der Waals surface area contributed by atoms with Gasteiger partial charge in [0, 0.05) is 6.54 Å². The van der Waals surface area contributed by atoms with Gasteiger partial charge in [-0.15, -0.1) is 0 Å². The van der Waals surface area contributed by atoms with E-state index in [9.17, 15) is 9.59 Å². The number of nitrogens with one attached hydrogen (secondary N) is 1. The monoisotopic (exact) mass is 302 g/mol. The number of morpholine rings is 1. The summed E-state index contributed by atoms with van der Waals surface area (Å²) < 4.78 is 11.2. The number of ether oxygens (including phenoxy) is 1. The van der Waals surface area contributed by atoms with Gasteiger partial charge < -0.3 is 14.1 Å². The molecule has 4 rings (SSSR count). The van der Waals surface area contributed by atoms with Crippen molar-refractivity contribution in [3.05, 3.63) is 34.3 Å². The highest BCUT2D eigenvalue weighted by atomic mass is 16.5. The number of aromatic amines is 1. The maximum atomic E-state index is 12.9. The van der Waals surface area contributed by atoms with Gasteiger partial charge in [-0.05, 0) is 38.3 Å². The summed E-state index contributed by atoms with van der Waals surface area (Å²) in [6, 6.07) is 5.19. The zero-order valence-electron chi connectivity index (χ0n) is 12.4. The Labute approximate surface area is 127 Å². The largest absolute Gasteiger partial charge is 0.417 e. The fraction of sp³-hybridized carbons (Fsp3) is 0.500. The molecule has 1 unspecified atom stereocenters. The normalized spacial score (nSPS) is 23.7. The third kappa shape index (κ3) is 2.06. The Morgan fingerprint density at radius 3 is 2.95 bits per heavy atom. The molecule has 0 bridgehead atoms. The number of carbonyl (C=O) groups excluding carboxylic acids is 1. The highest BCUT2D eigenvalue weighted by Crippen LogP contribution is 2.40. The second-order valence-electron chi connectivity index (χ2n) is 6.35. The molecule has 22 heavy (non-hydrogen) atoms. The Kier molecular flexibility index (Phi) is 2.91. The second kappa shape index (κ2) is 4.71. The van der Waals surface area contributed by atoms with E-state index in [2.05, 4.69) is 4.98 Å². The van der Waals surface area contributed by atoms with Crippen LogP contribution in [-0.4, -0.2) is 40.6 Å². The molecule has 1 aromatic carbocycles. The Bertz CT molecular complexity index is 787. The topological polar surface area (TPSA) is 75.5 Å². The van der Waals surface area contributed by atoms with Gasteiger partial charge in [-0.2, -0.15) is 0 Å². The molecule has 2 heterocycles. The lowest BCUT2D eigenvalue weighted by atomic mass is 9.78. The molecule has 2 aliphatic rings. The van der Waals surface area contributed by atoms with Crippen molar-refractivity contribution in [2.24, 2.45) is 0 Å². The first-order valence-electron chi connectivity index (χ1n) is 7.65. The van der Waals surface area contributed by atoms with Crippen molar-refractivity contribution < 1.29 is 13.9 Å². The van der Waals surface area contributed by atoms with Gasteiger partial charge in [0.2, 0.25) is 0 Å². The van der Waals surface area contributed by atoms with Crippen molar-refractivity contribution >= 4 is 17.0 Å². The molecular weight excluding hydrogens is 284 g/mol. The van der Waals surface area contributed by atoms with Crippen molar-refractivity contribution in [3.8, 4) is 0 Å². The van der Waals surface area contributed by atoms with E-state index in [-0.39, 0.29) is 17.6 Å². The van der Waals surface area contributed by atoms with Gasteiger partial charge in [0.15, 0.2) is 5.58 Å². The number of H-pyrrole nitrogens is 1. The molecule has 1 aliphatic carbocycles. The number of carbonyl (C=O) groups is 1. The minimum Gasteiger partial charge on any atom is -0.407 e. The number of fused-ring (bicyclic) bond motifs is 1. The molecule has 1 aromatic heterocycles. The average molecular weight is 302 g/mol. The fourth-order valence-electron chi connectivity index (χ4n) is 3.54. The number of benzene rings is 1. The van der Waals surface area contributed by atoms with Gasteiger partial charge in [0.1, 0.15) is 0 Å². The fourth-order valence-corrected chi connectivity index (χ4v) is 3.54. The predicted molar refractivity (Wildman–Crippen MR) is 79.9 cm³/mol. The first-order chi connectivity index (χ1) is 10.6. The van der Waals surface area contributed by atoms with E-state index in [0.717, 1.165) is 19.3 Å². The molecule has 1 N–H and O–H groups in total. The number of oxazole rings is 1. The van der Waals surface area contributed by atoms with Crippen LogP contribution < -0.4 is 5.76 Å². The van der Waals surface area contributed by atoms with Crippen LogP contribution in [0.4, 0.5) is 0 Å². The maximum Gasteiger partial charge on any atom is 0.417 e. The van der Waals surface area contributed by atoms with Gasteiger partial charge >= 0.3 is 5.76 Å². The molecule has 1 saturated carbocycles. The summed E-state index contributed by atoms with van der Waals surface area (Å²) in [5, 5.41) is 0. The lowest BCUT2D eigenvalue weighted by molar-refractivity contribution is -0.176. The summed E-state index contributed by atoms with van der Waals surface area (Å²) in [6.07, 6.45) is 3.18. The van der Waals surface area contributed by atoms with Gasteiger partial charge in [-0.3, -0.25) is 9.78 Å². The smallest absolute Gasteiger partial charge is 0.407 e. The van der Waals surface area contributed by atoms with Gasteiger partial charge in [-0.1, -0.05) is 6.07 Å². The molecule has 116 valence electrons. The summed E-state index contributed by atoms with van der Waals surface area (Å²) in [7, 11) is 0. The van der Waals surface area contributed by atoms with Crippen LogP contribution in [0.25, 0.3) is 11.1 Å². The molecule has 2 aromatic rings. The van der Waals surface area contributed by atoms with E-state index in [1.54, 1.807) is 18.2 Å². The quantitative estimate of drug-likeness (QED) is 0.873. The lowest BCUT2D eigenvalue weighted by Gasteiger charge is -2.50. The maximum absolute atomic E-state index is 12.9. The number of para-hydroxylation sites is 1. The standard InChI is InChI=1S/C16H18N2O4/c1-10-8-18(9-16(22-10)6-3-7-16)14(19)11-4-2-5-12-13(11)21-15(20)17-12/h2,4-5,10H,3,6-9H2,1H3,(H,17,20). The highest BCUT2D eigenvalue weighted by molar-refractivity contribution is 6.04. The van der Waals surface area contributed by atoms with Crippen LogP contribution in [0, 0.1) is 0 Å². The molecule has 1 spiro atoms. The number of amides is 1. The Balaban J connectivity index is 1.69. The number of hydrogen-bond acceptors (Lipinski definition) is 4. The lowest BCUT2D eigenvalue weighted by Crippen LogP contribution is -2.59. The molecule has 1 saturated heterocycles. The summed E-state index contributed by atoms with van der Waals surface area (Å²) in [5.41, 5.74) is 1.15. The molecule has 6 nitrogen and oxygen atoms in total. The first kappa shape index (κ1) is 13.6. The molecule has 1 amide bonds. The summed E-state index contributed by atoms with van der Waals surface area (Å²) in [4.78, 5) is 28.7. The van der Waals surface area contributed by atoms with E-state index in [1.807, 2.05) is 11.8 Å². The minimum atomic E-state index is -0.541. The van der Waals surface area contributed by atoms with Crippen LogP contribution in [-0.2, 0) is 4.74 Å². The number of hydrogen-bond donors (Lipinski definition) is 1. The average Bonchev–Trinajstić information content (AvgIpc) is 2.84. The van der Waals surface area contributed by atoms with E-state index < -0.39 is 5.76 Å². The Morgan fingerprint density at radius 2 is 2.23 bits per heavy atom. The third-order valence-corrected chi connectivity index (χ3v) is 4.64. The molecular formula is C16H18N2O4. The number of aromatic nitrogens is 1. The Morgan fingerprint density at radius 1 is 1.41 bits per heavy atom. The Hall–Kier alpha value is -2.08. The third-order valence-electron chi connectivity index (χ3n) is 4.64. The second-order valence-corrected chi connectivity index (χ2v) is 6.35. The van der Waals surface area contributed by atoms with Crippen molar-refractivity contribution in [2.45, 2.75) is 37.9 Å². The number of nitrogens with zero attached hydrogens (tertiary/aromatic N) is 1. The van der Waals surface area contributed by atoms with Crippen LogP contribution in [0.2, 0.25) is 0 Å². The summed E-state index contributed by atoms with van der Waals surface area (Å²) in [6.45, 7) is 3.17. The van der Waals surface area contributed by atoms with Crippen LogP contribution in [0.1, 0.15) is 36.5 Å². The van der Waals surface area contributed by atoms with Crippen molar-refractivity contribution in [3.63, 3.8) is 0 Å². The van der Waals surface area contributed by atoms with Gasteiger partial charge in [-0.25, -0.2) is 4.79 Å². The number of rotatable bonds is 1.